The molecule has 1 atom stereocenters. The summed E-state index contributed by atoms with van der Waals surface area (Å²) in [6, 6.07) is 5.92. The Hall–Kier alpha value is -2.16. The van der Waals surface area contributed by atoms with E-state index in [1.165, 1.54) is 6.92 Å². The number of hydrogen-bond donors (Lipinski definition) is 2. The first-order valence-corrected chi connectivity index (χ1v) is 11.4. The molecule has 8 nitrogen and oxygen atoms in total. The molecule has 3 rings (SSSR count). The lowest BCUT2D eigenvalue weighted by Gasteiger charge is -2.41. The Morgan fingerprint density at radius 3 is 2.03 bits per heavy atom. The van der Waals surface area contributed by atoms with E-state index >= 15 is 0 Å². The quantitative estimate of drug-likeness (QED) is 0.698. The number of nitrogens with zero attached hydrogens (tertiary/aromatic N) is 3. The van der Waals surface area contributed by atoms with Gasteiger partial charge in [0.05, 0.1) is 12.1 Å². The maximum absolute atomic E-state index is 12.1. The summed E-state index contributed by atoms with van der Waals surface area (Å²) < 4.78 is 5.98. The molecule has 0 saturated carbocycles. The Kier molecular flexibility index (Phi) is 7.47. The first-order valence-electron chi connectivity index (χ1n) is 11.4. The smallest absolute Gasteiger partial charge is 0.219 e. The second-order valence-corrected chi connectivity index (χ2v) is 9.72. The number of piperidine rings is 1. The van der Waals surface area contributed by atoms with Gasteiger partial charge in [0.25, 0.3) is 0 Å². The topological polar surface area (TPSA) is 93.6 Å². The summed E-state index contributed by atoms with van der Waals surface area (Å²) >= 11 is 0. The molecule has 0 aromatic heterocycles. The van der Waals surface area contributed by atoms with E-state index in [0.717, 1.165) is 11.1 Å². The average Bonchev–Trinajstić information content (AvgIpc) is 2.85. The molecule has 0 spiro atoms. The Bertz CT molecular complexity index is 817. The van der Waals surface area contributed by atoms with Crippen molar-refractivity contribution in [1.29, 1.82) is 0 Å². The number of benzene rings is 1. The van der Waals surface area contributed by atoms with Crippen LogP contribution in [0.1, 0.15) is 37.8 Å². The number of likely N-dealkylation sites (tertiary alicyclic amines) is 1. The van der Waals surface area contributed by atoms with Crippen LogP contribution >= 0.6 is 0 Å². The molecule has 2 saturated heterocycles. The highest BCUT2D eigenvalue weighted by atomic mass is 16.5. The van der Waals surface area contributed by atoms with Crippen molar-refractivity contribution < 1.29 is 24.5 Å². The lowest BCUT2D eigenvalue weighted by Crippen LogP contribution is -2.56. The molecule has 2 amide bonds. The summed E-state index contributed by atoms with van der Waals surface area (Å²) in [5.41, 5.74) is -0.0267. The monoisotopic (exact) mass is 447 g/mol. The van der Waals surface area contributed by atoms with Crippen molar-refractivity contribution in [2.45, 2.75) is 51.7 Å². The standard InChI is InChI=1S/C24H37N3O5/c1-18-11-19(2)13-22(12-18)32-17-24(31)15-25(9-10-27(16-24)21(4)29)14-23(30)5-7-26(8-6-23)20(3)28/h11-13,30-31H,5-10,14-17H2,1-4H3/t24-/m0/s1. The summed E-state index contributed by atoms with van der Waals surface area (Å²) in [7, 11) is 0. The van der Waals surface area contributed by atoms with Gasteiger partial charge in [-0.3, -0.25) is 14.5 Å². The van der Waals surface area contributed by atoms with Crippen LogP contribution in [0.4, 0.5) is 0 Å². The van der Waals surface area contributed by atoms with E-state index in [4.69, 9.17) is 4.74 Å². The Labute approximate surface area is 190 Å². The summed E-state index contributed by atoms with van der Waals surface area (Å²) in [4.78, 5) is 29.2. The first kappa shape index (κ1) is 24.5. The molecule has 2 aliphatic rings. The van der Waals surface area contributed by atoms with Crippen molar-refractivity contribution in [2.24, 2.45) is 0 Å². The Morgan fingerprint density at radius 2 is 1.47 bits per heavy atom. The van der Waals surface area contributed by atoms with Crippen molar-refractivity contribution in [1.82, 2.24) is 14.7 Å². The van der Waals surface area contributed by atoms with Crippen LogP contribution in [0, 0.1) is 13.8 Å². The average molecular weight is 448 g/mol. The van der Waals surface area contributed by atoms with Gasteiger partial charge in [-0.25, -0.2) is 0 Å². The molecule has 1 aromatic rings. The van der Waals surface area contributed by atoms with Gasteiger partial charge in [-0.1, -0.05) is 6.07 Å². The van der Waals surface area contributed by atoms with Crippen molar-refractivity contribution in [3.8, 4) is 5.75 Å². The molecule has 1 aromatic carbocycles. The van der Waals surface area contributed by atoms with Crippen LogP contribution in [0.15, 0.2) is 18.2 Å². The molecule has 2 fully saturated rings. The number of amides is 2. The van der Waals surface area contributed by atoms with Crippen LogP contribution in [0.3, 0.4) is 0 Å². The van der Waals surface area contributed by atoms with Crippen molar-refractivity contribution in [3.05, 3.63) is 29.3 Å². The predicted octanol–water partition coefficient (Wildman–Crippen LogP) is 0.951. The summed E-state index contributed by atoms with van der Waals surface area (Å²) in [6.45, 7) is 10.1. The number of carbonyl (C=O) groups is 2. The fourth-order valence-corrected chi connectivity index (χ4v) is 4.78. The third kappa shape index (κ3) is 6.43. The van der Waals surface area contributed by atoms with Crippen LogP contribution in [-0.4, -0.2) is 100 Å². The van der Waals surface area contributed by atoms with Crippen molar-refractivity contribution in [2.75, 3.05) is 52.4 Å². The number of rotatable bonds is 5. The normalized spacial score (nSPS) is 24.2. The zero-order valence-corrected chi connectivity index (χ0v) is 19.8. The van der Waals surface area contributed by atoms with Gasteiger partial charge < -0.3 is 24.7 Å². The lowest BCUT2D eigenvalue weighted by molar-refractivity contribution is -0.134. The number of β-amino-alcohol motifs (C(OH)–C–C–N with tert-alkyl or cyclic N) is 2. The number of ether oxygens (including phenoxy) is 1. The van der Waals surface area contributed by atoms with Gasteiger partial charge in [-0.2, -0.15) is 0 Å². The van der Waals surface area contributed by atoms with Gasteiger partial charge in [0.2, 0.25) is 11.8 Å². The van der Waals surface area contributed by atoms with Gasteiger partial charge in [0.15, 0.2) is 0 Å². The zero-order valence-electron chi connectivity index (χ0n) is 19.8. The fraction of sp³-hybridized carbons (Fsp3) is 0.667. The molecule has 0 radical (unpaired) electrons. The lowest BCUT2D eigenvalue weighted by atomic mass is 9.90. The minimum Gasteiger partial charge on any atom is -0.490 e. The fourth-order valence-electron chi connectivity index (χ4n) is 4.78. The molecule has 2 aliphatic heterocycles. The highest BCUT2D eigenvalue weighted by Crippen LogP contribution is 2.26. The molecule has 8 heteroatoms. The number of hydrogen-bond acceptors (Lipinski definition) is 6. The molecule has 178 valence electrons. The van der Waals surface area contributed by atoms with Gasteiger partial charge >= 0.3 is 0 Å². The SMILES string of the molecule is CC(=O)N1CCC(O)(CN2CCN(C(C)=O)C[C@](O)(COc3cc(C)cc(C)c3)C2)CC1. The van der Waals surface area contributed by atoms with Gasteiger partial charge in [0, 0.05) is 53.1 Å². The minimum absolute atomic E-state index is 0.0248. The van der Waals surface area contributed by atoms with Gasteiger partial charge in [-0.15, -0.1) is 0 Å². The minimum atomic E-state index is -1.27. The largest absolute Gasteiger partial charge is 0.490 e. The molecule has 32 heavy (non-hydrogen) atoms. The van der Waals surface area contributed by atoms with E-state index in [-0.39, 0.29) is 25.0 Å². The molecular formula is C24H37N3O5. The van der Waals surface area contributed by atoms with Crippen molar-refractivity contribution >= 4 is 11.8 Å². The molecular weight excluding hydrogens is 410 g/mol. The number of carbonyl (C=O) groups excluding carboxylic acids is 2. The predicted molar refractivity (Wildman–Crippen MR) is 121 cm³/mol. The van der Waals surface area contributed by atoms with Crippen LogP contribution in [0.2, 0.25) is 0 Å². The van der Waals surface area contributed by atoms with Crippen molar-refractivity contribution in [3.63, 3.8) is 0 Å². The van der Waals surface area contributed by atoms with E-state index in [0.29, 0.717) is 57.9 Å². The molecule has 2 heterocycles. The van der Waals surface area contributed by atoms with Gasteiger partial charge in [0.1, 0.15) is 18.0 Å². The van der Waals surface area contributed by atoms with E-state index in [1.54, 1.807) is 16.7 Å². The highest BCUT2D eigenvalue weighted by molar-refractivity contribution is 5.73. The van der Waals surface area contributed by atoms with E-state index in [2.05, 4.69) is 6.07 Å². The third-order valence-electron chi connectivity index (χ3n) is 6.49. The summed E-state index contributed by atoms with van der Waals surface area (Å²) in [6.07, 6.45) is 0.994. The van der Waals surface area contributed by atoms with E-state index < -0.39 is 11.2 Å². The van der Waals surface area contributed by atoms with Crippen LogP contribution in [-0.2, 0) is 9.59 Å². The van der Waals surface area contributed by atoms with E-state index in [1.807, 2.05) is 30.9 Å². The Morgan fingerprint density at radius 1 is 0.875 bits per heavy atom. The van der Waals surface area contributed by atoms with Crippen LogP contribution < -0.4 is 4.74 Å². The second kappa shape index (κ2) is 9.77. The zero-order chi connectivity index (χ0) is 23.5. The van der Waals surface area contributed by atoms with E-state index in [9.17, 15) is 19.8 Å². The molecule has 0 unspecified atom stereocenters. The maximum atomic E-state index is 12.1. The van der Waals surface area contributed by atoms with Crippen LogP contribution in [0.25, 0.3) is 0 Å². The maximum Gasteiger partial charge on any atom is 0.219 e. The summed E-state index contributed by atoms with van der Waals surface area (Å²) in [5.74, 6) is 0.623. The van der Waals surface area contributed by atoms with Gasteiger partial charge in [-0.05, 0) is 49.9 Å². The molecule has 0 bridgehead atoms. The number of aliphatic hydroxyl groups is 2. The highest BCUT2D eigenvalue weighted by Gasteiger charge is 2.41. The molecule has 0 aliphatic carbocycles. The first-order chi connectivity index (χ1) is 15.0. The van der Waals surface area contributed by atoms with Crippen LogP contribution in [0.5, 0.6) is 5.75 Å². The second-order valence-electron chi connectivity index (χ2n) is 9.72. The molecule has 2 N–H and O–H groups in total. The third-order valence-corrected chi connectivity index (χ3v) is 6.49. The Balaban J connectivity index is 1.70. The summed E-state index contributed by atoms with van der Waals surface area (Å²) in [5, 5.41) is 22.6. The number of aryl methyl sites for hydroxylation is 2.